The molecular formula is C16H31N3O2. The van der Waals surface area contributed by atoms with Gasteiger partial charge in [-0.05, 0) is 19.3 Å². The third-order valence-corrected chi connectivity index (χ3v) is 4.47. The van der Waals surface area contributed by atoms with Crippen molar-refractivity contribution in [1.29, 1.82) is 0 Å². The summed E-state index contributed by atoms with van der Waals surface area (Å²) >= 11 is 0. The summed E-state index contributed by atoms with van der Waals surface area (Å²) in [5, 5.41) is 3.57. The van der Waals surface area contributed by atoms with E-state index in [1.165, 1.54) is 0 Å². The molecule has 0 aromatic rings. The van der Waals surface area contributed by atoms with Crippen LogP contribution in [0.3, 0.4) is 0 Å². The quantitative estimate of drug-likeness (QED) is 0.820. The van der Waals surface area contributed by atoms with Crippen LogP contribution in [0.2, 0.25) is 0 Å². The number of ether oxygens (including phenoxy) is 1. The van der Waals surface area contributed by atoms with Crippen LogP contribution in [0.1, 0.15) is 33.6 Å². The lowest BCUT2D eigenvalue weighted by Gasteiger charge is -2.40. The number of piperazine rings is 1. The van der Waals surface area contributed by atoms with E-state index in [2.05, 4.69) is 35.9 Å². The number of rotatable bonds is 5. The van der Waals surface area contributed by atoms with Crippen molar-refractivity contribution in [1.82, 2.24) is 15.1 Å². The molecule has 5 heteroatoms. The minimum Gasteiger partial charge on any atom is -0.379 e. The van der Waals surface area contributed by atoms with Gasteiger partial charge in [-0.15, -0.1) is 0 Å². The molecule has 2 saturated heterocycles. The maximum atomic E-state index is 12.5. The molecule has 122 valence electrons. The zero-order valence-corrected chi connectivity index (χ0v) is 13.8. The van der Waals surface area contributed by atoms with Crippen LogP contribution in [-0.2, 0) is 9.53 Å². The molecule has 0 radical (unpaired) electrons. The topological polar surface area (TPSA) is 44.8 Å². The summed E-state index contributed by atoms with van der Waals surface area (Å²) in [5.41, 5.74) is 0. The van der Waals surface area contributed by atoms with Gasteiger partial charge >= 0.3 is 0 Å². The van der Waals surface area contributed by atoms with Crippen molar-refractivity contribution in [3.63, 3.8) is 0 Å². The van der Waals surface area contributed by atoms with Crippen LogP contribution < -0.4 is 5.32 Å². The van der Waals surface area contributed by atoms with Gasteiger partial charge in [-0.3, -0.25) is 9.69 Å². The molecular weight excluding hydrogens is 266 g/mol. The molecule has 1 N–H and O–H groups in total. The predicted octanol–water partition coefficient (Wildman–Crippen LogP) is 0.944. The maximum absolute atomic E-state index is 12.5. The number of hydrogen-bond acceptors (Lipinski definition) is 4. The number of morpholine rings is 1. The Morgan fingerprint density at radius 2 is 2.05 bits per heavy atom. The Bertz CT molecular complexity index is 329. The predicted molar refractivity (Wildman–Crippen MR) is 84.3 cm³/mol. The average Bonchev–Trinajstić information content (AvgIpc) is 2.47. The highest BCUT2D eigenvalue weighted by molar-refractivity contribution is 5.77. The SMILES string of the molecule is CC(C)CC1CN(C(=O)CCN2CCOCC2)C(C)CN1. The molecule has 21 heavy (non-hydrogen) atoms. The first-order valence-corrected chi connectivity index (χ1v) is 8.39. The third-order valence-electron chi connectivity index (χ3n) is 4.47. The van der Waals surface area contributed by atoms with Gasteiger partial charge in [0.2, 0.25) is 5.91 Å². The molecule has 2 unspecified atom stereocenters. The Kier molecular flexibility index (Phi) is 6.45. The normalized spacial score (nSPS) is 28.1. The van der Waals surface area contributed by atoms with Gasteiger partial charge < -0.3 is 15.0 Å². The summed E-state index contributed by atoms with van der Waals surface area (Å²) in [7, 11) is 0. The average molecular weight is 297 g/mol. The summed E-state index contributed by atoms with van der Waals surface area (Å²) in [6.45, 7) is 12.8. The standard InChI is InChI=1S/C16H31N3O2/c1-13(2)10-15-12-19(14(3)11-17-15)16(20)4-5-18-6-8-21-9-7-18/h13-15,17H,4-12H2,1-3H3. The van der Waals surface area contributed by atoms with Crippen molar-refractivity contribution >= 4 is 5.91 Å². The zero-order valence-electron chi connectivity index (χ0n) is 13.8. The van der Waals surface area contributed by atoms with Crippen LogP contribution in [0, 0.1) is 5.92 Å². The van der Waals surface area contributed by atoms with E-state index in [0.717, 1.165) is 52.4 Å². The van der Waals surface area contributed by atoms with Gasteiger partial charge in [0.25, 0.3) is 0 Å². The van der Waals surface area contributed by atoms with E-state index in [1.807, 2.05) is 0 Å². The van der Waals surface area contributed by atoms with Crippen LogP contribution in [-0.4, -0.2) is 73.7 Å². The van der Waals surface area contributed by atoms with Gasteiger partial charge in [0.05, 0.1) is 13.2 Å². The first-order chi connectivity index (χ1) is 10.1. The van der Waals surface area contributed by atoms with E-state index in [0.29, 0.717) is 30.3 Å². The highest BCUT2D eigenvalue weighted by Gasteiger charge is 2.28. The van der Waals surface area contributed by atoms with Crippen LogP contribution in [0.5, 0.6) is 0 Å². The lowest BCUT2D eigenvalue weighted by molar-refractivity contribution is -0.135. The first-order valence-electron chi connectivity index (χ1n) is 8.39. The molecule has 2 fully saturated rings. The Morgan fingerprint density at radius 1 is 1.33 bits per heavy atom. The molecule has 0 aromatic carbocycles. The summed E-state index contributed by atoms with van der Waals surface area (Å²) in [5.74, 6) is 0.977. The summed E-state index contributed by atoms with van der Waals surface area (Å²) in [6.07, 6.45) is 1.78. The monoisotopic (exact) mass is 297 g/mol. The molecule has 0 bridgehead atoms. The van der Waals surface area contributed by atoms with Gasteiger partial charge in [0.1, 0.15) is 0 Å². The maximum Gasteiger partial charge on any atom is 0.224 e. The van der Waals surface area contributed by atoms with Gasteiger partial charge in [-0.2, -0.15) is 0 Å². The van der Waals surface area contributed by atoms with Gasteiger partial charge in [-0.25, -0.2) is 0 Å². The Morgan fingerprint density at radius 3 is 2.71 bits per heavy atom. The largest absolute Gasteiger partial charge is 0.379 e. The van der Waals surface area contributed by atoms with Gasteiger partial charge in [0, 0.05) is 51.2 Å². The lowest BCUT2D eigenvalue weighted by Crippen LogP contribution is -2.57. The van der Waals surface area contributed by atoms with Crippen molar-refractivity contribution in [3.8, 4) is 0 Å². The summed E-state index contributed by atoms with van der Waals surface area (Å²) in [4.78, 5) is 16.9. The molecule has 2 aliphatic heterocycles. The van der Waals surface area contributed by atoms with Crippen molar-refractivity contribution in [2.45, 2.75) is 45.7 Å². The van der Waals surface area contributed by atoms with E-state index in [4.69, 9.17) is 4.74 Å². The first kappa shape index (κ1) is 16.7. The van der Waals surface area contributed by atoms with Gasteiger partial charge in [-0.1, -0.05) is 13.8 Å². The molecule has 2 atom stereocenters. The van der Waals surface area contributed by atoms with E-state index >= 15 is 0 Å². The number of amides is 1. The smallest absolute Gasteiger partial charge is 0.224 e. The van der Waals surface area contributed by atoms with Crippen LogP contribution >= 0.6 is 0 Å². The Balaban J connectivity index is 1.78. The lowest BCUT2D eigenvalue weighted by atomic mass is 10.00. The van der Waals surface area contributed by atoms with E-state index in [9.17, 15) is 4.79 Å². The zero-order chi connectivity index (χ0) is 15.2. The fourth-order valence-electron chi connectivity index (χ4n) is 3.23. The minimum atomic E-state index is 0.309. The second-order valence-corrected chi connectivity index (χ2v) is 6.83. The summed E-state index contributed by atoms with van der Waals surface area (Å²) in [6, 6.07) is 0.763. The molecule has 0 spiro atoms. The molecule has 0 saturated carbocycles. The van der Waals surface area contributed by atoms with Crippen molar-refractivity contribution < 1.29 is 9.53 Å². The summed E-state index contributed by atoms with van der Waals surface area (Å²) < 4.78 is 5.35. The Hall–Kier alpha value is -0.650. The number of nitrogens with zero attached hydrogens (tertiary/aromatic N) is 2. The second-order valence-electron chi connectivity index (χ2n) is 6.83. The third kappa shape index (κ3) is 5.24. The number of carbonyl (C=O) groups is 1. The number of carbonyl (C=O) groups excluding carboxylic acids is 1. The molecule has 5 nitrogen and oxygen atoms in total. The van der Waals surface area contributed by atoms with Crippen LogP contribution in [0.15, 0.2) is 0 Å². The van der Waals surface area contributed by atoms with E-state index < -0.39 is 0 Å². The number of nitrogens with one attached hydrogen (secondary N) is 1. The molecule has 1 amide bonds. The van der Waals surface area contributed by atoms with Crippen LogP contribution in [0.25, 0.3) is 0 Å². The molecule has 2 aliphatic rings. The fraction of sp³-hybridized carbons (Fsp3) is 0.938. The van der Waals surface area contributed by atoms with E-state index in [-0.39, 0.29) is 0 Å². The second kappa shape index (κ2) is 8.11. The minimum absolute atomic E-state index is 0.309. The van der Waals surface area contributed by atoms with Gasteiger partial charge in [0.15, 0.2) is 0 Å². The Labute approximate surface area is 129 Å². The molecule has 0 aliphatic carbocycles. The highest BCUT2D eigenvalue weighted by atomic mass is 16.5. The van der Waals surface area contributed by atoms with Crippen molar-refractivity contribution in [3.05, 3.63) is 0 Å². The highest BCUT2D eigenvalue weighted by Crippen LogP contribution is 2.14. The van der Waals surface area contributed by atoms with Crippen molar-refractivity contribution in [2.75, 3.05) is 45.9 Å². The molecule has 0 aromatic heterocycles. The van der Waals surface area contributed by atoms with Crippen molar-refractivity contribution in [2.24, 2.45) is 5.92 Å². The fourth-order valence-corrected chi connectivity index (χ4v) is 3.23. The van der Waals surface area contributed by atoms with E-state index in [1.54, 1.807) is 0 Å². The molecule has 2 rings (SSSR count). The number of hydrogen-bond donors (Lipinski definition) is 1. The molecule has 2 heterocycles. The van der Waals surface area contributed by atoms with Crippen LogP contribution in [0.4, 0.5) is 0 Å².